The number of ether oxygens (including phenoxy) is 1. The maximum absolute atomic E-state index is 11.2. The SMILES string of the molecule is O=C(O)c1cccc2c1OCCN2Cc1cc(Br)cs1. The summed E-state index contributed by atoms with van der Waals surface area (Å²) in [5, 5.41) is 11.3. The number of carbonyl (C=O) groups is 1. The van der Waals surface area contributed by atoms with E-state index in [1.165, 1.54) is 4.88 Å². The zero-order valence-electron chi connectivity index (χ0n) is 10.5. The Kier molecular flexibility index (Phi) is 3.67. The van der Waals surface area contributed by atoms with Crippen LogP contribution in [0.2, 0.25) is 0 Å². The molecule has 4 nitrogen and oxygen atoms in total. The van der Waals surface area contributed by atoms with Crippen LogP contribution < -0.4 is 9.64 Å². The second-order valence-electron chi connectivity index (χ2n) is 4.46. The molecule has 1 N–H and O–H groups in total. The molecular formula is C14H12BrNO3S. The zero-order valence-corrected chi connectivity index (χ0v) is 12.9. The van der Waals surface area contributed by atoms with E-state index in [4.69, 9.17) is 4.74 Å². The van der Waals surface area contributed by atoms with Crippen LogP contribution in [0.1, 0.15) is 15.2 Å². The van der Waals surface area contributed by atoms with Crippen LogP contribution in [-0.2, 0) is 6.54 Å². The van der Waals surface area contributed by atoms with Crippen molar-refractivity contribution in [3.63, 3.8) is 0 Å². The van der Waals surface area contributed by atoms with Gasteiger partial charge in [-0.25, -0.2) is 4.79 Å². The van der Waals surface area contributed by atoms with Crippen LogP contribution in [0.3, 0.4) is 0 Å². The van der Waals surface area contributed by atoms with Crippen LogP contribution >= 0.6 is 27.3 Å². The van der Waals surface area contributed by atoms with E-state index in [9.17, 15) is 9.90 Å². The minimum absolute atomic E-state index is 0.222. The topological polar surface area (TPSA) is 49.8 Å². The third kappa shape index (κ3) is 2.53. The van der Waals surface area contributed by atoms with Gasteiger partial charge < -0.3 is 14.7 Å². The molecule has 1 aromatic heterocycles. The van der Waals surface area contributed by atoms with Gasteiger partial charge in [0.2, 0.25) is 0 Å². The van der Waals surface area contributed by atoms with Crippen LogP contribution in [0.25, 0.3) is 0 Å². The van der Waals surface area contributed by atoms with E-state index in [1.807, 2.05) is 11.4 Å². The van der Waals surface area contributed by atoms with Gasteiger partial charge >= 0.3 is 5.97 Å². The number of carboxylic acid groups (broad SMARTS) is 1. The maximum Gasteiger partial charge on any atom is 0.339 e. The number of hydrogen-bond donors (Lipinski definition) is 1. The van der Waals surface area contributed by atoms with Gasteiger partial charge in [0.25, 0.3) is 0 Å². The van der Waals surface area contributed by atoms with E-state index in [2.05, 4.69) is 26.9 Å². The molecule has 104 valence electrons. The quantitative estimate of drug-likeness (QED) is 0.915. The minimum Gasteiger partial charge on any atom is -0.489 e. The number of fused-ring (bicyclic) bond motifs is 1. The molecule has 0 amide bonds. The summed E-state index contributed by atoms with van der Waals surface area (Å²) in [5.41, 5.74) is 1.07. The number of thiophene rings is 1. The Bertz CT molecular complexity index is 656. The molecule has 6 heteroatoms. The molecule has 0 radical (unpaired) electrons. The summed E-state index contributed by atoms with van der Waals surface area (Å²) in [7, 11) is 0. The predicted octanol–water partition coefficient (Wildman–Crippen LogP) is 3.61. The van der Waals surface area contributed by atoms with Crippen LogP contribution in [0.5, 0.6) is 5.75 Å². The molecule has 2 aromatic rings. The summed E-state index contributed by atoms with van der Waals surface area (Å²) in [6.45, 7) is 2.02. The fraction of sp³-hybridized carbons (Fsp3) is 0.214. The van der Waals surface area contributed by atoms with E-state index in [0.717, 1.165) is 23.2 Å². The standard InChI is InChI=1S/C14H12BrNO3S/c15-9-6-10(20-8-9)7-16-4-5-19-13-11(14(17)18)2-1-3-12(13)16/h1-3,6,8H,4-5,7H2,(H,17,18). The molecule has 1 aliphatic rings. The molecule has 0 bridgehead atoms. The van der Waals surface area contributed by atoms with Crippen LogP contribution in [0.15, 0.2) is 34.1 Å². The number of anilines is 1. The average Bonchev–Trinajstić information content (AvgIpc) is 2.84. The van der Waals surface area contributed by atoms with E-state index in [-0.39, 0.29) is 5.56 Å². The van der Waals surface area contributed by atoms with Crippen molar-refractivity contribution in [2.75, 3.05) is 18.1 Å². The Hall–Kier alpha value is -1.53. The number of rotatable bonds is 3. The van der Waals surface area contributed by atoms with E-state index >= 15 is 0 Å². The Morgan fingerprint density at radius 1 is 1.50 bits per heavy atom. The number of nitrogens with zero attached hydrogens (tertiary/aromatic N) is 1. The third-order valence-electron chi connectivity index (χ3n) is 3.14. The highest BCUT2D eigenvalue weighted by atomic mass is 79.9. The molecule has 0 saturated heterocycles. The summed E-state index contributed by atoms with van der Waals surface area (Å²) in [4.78, 5) is 14.6. The number of hydrogen-bond acceptors (Lipinski definition) is 4. The van der Waals surface area contributed by atoms with Crippen molar-refractivity contribution in [3.8, 4) is 5.75 Å². The number of aromatic carboxylic acids is 1. The molecule has 0 fully saturated rings. The van der Waals surface area contributed by atoms with Crippen molar-refractivity contribution >= 4 is 38.9 Å². The van der Waals surface area contributed by atoms with Gasteiger partial charge in [0, 0.05) is 14.7 Å². The van der Waals surface area contributed by atoms with Gasteiger partial charge in [-0.1, -0.05) is 6.07 Å². The van der Waals surface area contributed by atoms with Gasteiger partial charge in [-0.3, -0.25) is 0 Å². The Morgan fingerprint density at radius 3 is 3.05 bits per heavy atom. The van der Waals surface area contributed by atoms with Crippen molar-refractivity contribution in [2.24, 2.45) is 0 Å². The highest BCUT2D eigenvalue weighted by molar-refractivity contribution is 9.10. The number of carboxylic acids is 1. The van der Waals surface area contributed by atoms with Crippen molar-refractivity contribution in [1.82, 2.24) is 0 Å². The normalized spacial score (nSPS) is 13.8. The molecule has 3 rings (SSSR count). The summed E-state index contributed by atoms with van der Waals surface area (Å²) < 4.78 is 6.64. The van der Waals surface area contributed by atoms with Crippen molar-refractivity contribution in [1.29, 1.82) is 0 Å². The summed E-state index contributed by atoms with van der Waals surface area (Å²) in [6.07, 6.45) is 0. The fourth-order valence-electron chi connectivity index (χ4n) is 2.26. The molecule has 2 heterocycles. The molecule has 20 heavy (non-hydrogen) atoms. The first-order valence-corrected chi connectivity index (χ1v) is 7.79. The zero-order chi connectivity index (χ0) is 14.1. The monoisotopic (exact) mass is 353 g/mol. The first kappa shape index (κ1) is 13.5. The van der Waals surface area contributed by atoms with E-state index in [1.54, 1.807) is 23.5 Å². The lowest BCUT2D eigenvalue weighted by atomic mass is 10.1. The van der Waals surface area contributed by atoms with Gasteiger partial charge in [-0.15, -0.1) is 11.3 Å². The maximum atomic E-state index is 11.2. The molecule has 0 aliphatic carbocycles. The predicted molar refractivity (Wildman–Crippen MR) is 82.0 cm³/mol. The van der Waals surface area contributed by atoms with Crippen LogP contribution in [-0.4, -0.2) is 24.2 Å². The van der Waals surface area contributed by atoms with E-state index < -0.39 is 5.97 Å². The molecule has 0 unspecified atom stereocenters. The lowest BCUT2D eigenvalue weighted by Crippen LogP contribution is -2.32. The van der Waals surface area contributed by atoms with Gasteiger partial charge in [-0.05, 0) is 34.1 Å². The third-order valence-corrected chi connectivity index (χ3v) is 4.82. The molecular weight excluding hydrogens is 342 g/mol. The summed E-state index contributed by atoms with van der Waals surface area (Å²) >= 11 is 5.13. The highest BCUT2D eigenvalue weighted by Gasteiger charge is 2.23. The van der Waals surface area contributed by atoms with Crippen LogP contribution in [0.4, 0.5) is 5.69 Å². The van der Waals surface area contributed by atoms with Gasteiger partial charge in [0.15, 0.2) is 5.75 Å². The molecule has 0 saturated carbocycles. The highest BCUT2D eigenvalue weighted by Crippen LogP contribution is 2.36. The van der Waals surface area contributed by atoms with Gasteiger partial charge in [0.1, 0.15) is 12.2 Å². The first-order chi connectivity index (χ1) is 9.65. The molecule has 1 aromatic carbocycles. The first-order valence-electron chi connectivity index (χ1n) is 6.12. The lowest BCUT2D eigenvalue weighted by molar-refractivity contribution is 0.0692. The lowest BCUT2D eigenvalue weighted by Gasteiger charge is -2.31. The largest absolute Gasteiger partial charge is 0.489 e. The molecule has 1 aliphatic heterocycles. The van der Waals surface area contributed by atoms with Gasteiger partial charge in [-0.2, -0.15) is 0 Å². The van der Waals surface area contributed by atoms with Crippen molar-refractivity contribution in [3.05, 3.63) is 44.6 Å². The summed E-state index contributed by atoms with van der Waals surface area (Å²) in [6, 6.07) is 7.32. The Morgan fingerprint density at radius 2 is 2.35 bits per heavy atom. The Balaban J connectivity index is 1.94. The summed E-state index contributed by atoms with van der Waals surface area (Å²) in [5.74, 6) is -0.482. The molecule has 0 atom stereocenters. The number of halogens is 1. The minimum atomic E-state index is -0.956. The number of benzene rings is 1. The van der Waals surface area contributed by atoms with E-state index in [0.29, 0.717) is 12.4 Å². The smallest absolute Gasteiger partial charge is 0.339 e. The van der Waals surface area contributed by atoms with Gasteiger partial charge in [0.05, 0.1) is 18.8 Å². The second-order valence-corrected chi connectivity index (χ2v) is 6.37. The van der Waals surface area contributed by atoms with Crippen molar-refractivity contribution in [2.45, 2.75) is 6.54 Å². The number of para-hydroxylation sites is 1. The van der Waals surface area contributed by atoms with Crippen molar-refractivity contribution < 1.29 is 14.6 Å². The fourth-order valence-corrected chi connectivity index (χ4v) is 3.73. The Labute approximate surface area is 128 Å². The average molecular weight is 354 g/mol. The van der Waals surface area contributed by atoms with Crippen LogP contribution in [0, 0.1) is 0 Å². The second kappa shape index (κ2) is 5.46. The molecule has 0 spiro atoms.